The van der Waals surface area contributed by atoms with Crippen molar-refractivity contribution in [2.75, 3.05) is 0 Å². The average molecular weight is 302 g/mol. The Labute approximate surface area is 105 Å². The monoisotopic (exact) mass is 301 g/mol. The first-order chi connectivity index (χ1) is 7.59. The second-order valence-electron chi connectivity index (χ2n) is 3.20. The van der Waals surface area contributed by atoms with Gasteiger partial charge in [-0.15, -0.1) is 0 Å². The van der Waals surface area contributed by atoms with Gasteiger partial charge in [-0.25, -0.2) is 4.79 Å². The average Bonchev–Trinajstić information content (AvgIpc) is 2.61. The summed E-state index contributed by atoms with van der Waals surface area (Å²) in [5, 5.41) is 19.1. The summed E-state index contributed by atoms with van der Waals surface area (Å²) in [6.45, 7) is 0. The molecular formula is C10H8BrNO3S. The number of hydrogen-bond donors (Lipinski definition) is 2. The molecule has 84 valence electrons. The molecule has 1 aromatic carbocycles. The minimum Gasteiger partial charge on any atom is -0.507 e. The first-order valence-corrected chi connectivity index (χ1v) is 6.29. The lowest BCUT2D eigenvalue weighted by molar-refractivity contribution is -0.137. The van der Waals surface area contributed by atoms with Crippen molar-refractivity contribution in [2.45, 2.75) is 10.2 Å². The van der Waals surface area contributed by atoms with Crippen LogP contribution in [-0.2, 0) is 4.79 Å². The van der Waals surface area contributed by atoms with Crippen molar-refractivity contribution in [3.8, 4) is 5.75 Å². The van der Waals surface area contributed by atoms with Gasteiger partial charge in [0.05, 0.1) is 4.16 Å². The fourth-order valence-electron chi connectivity index (χ4n) is 1.34. The quantitative estimate of drug-likeness (QED) is 0.820. The molecule has 0 radical (unpaired) electrons. The zero-order valence-electron chi connectivity index (χ0n) is 8.00. The van der Waals surface area contributed by atoms with Crippen LogP contribution in [0.1, 0.15) is 5.56 Å². The summed E-state index contributed by atoms with van der Waals surface area (Å²) >= 11 is 4.55. The van der Waals surface area contributed by atoms with Gasteiger partial charge < -0.3 is 10.2 Å². The van der Waals surface area contributed by atoms with Crippen molar-refractivity contribution in [3.63, 3.8) is 0 Å². The molecule has 1 aliphatic rings. The van der Waals surface area contributed by atoms with Crippen molar-refractivity contribution < 1.29 is 15.0 Å². The lowest BCUT2D eigenvalue weighted by Crippen LogP contribution is -2.22. The Morgan fingerprint density at radius 1 is 1.44 bits per heavy atom. The summed E-state index contributed by atoms with van der Waals surface area (Å²) in [6.07, 6.45) is 0. The Morgan fingerprint density at radius 3 is 2.69 bits per heavy atom. The van der Waals surface area contributed by atoms with Gasteiger partial charge in [-0.1, -0.05) is 39.8 Å². The smallest absolute Gasteiger partial charge is 0.330 e. The van der Waals surface area contributed by atoms with Gasteiger partial charge in [0, 0.05) is 5.56 Å². The lowest BCUT2D eigenvalue weighted by atomic mass is 10.2. The number of thioether (sulfide) groups is 1. The zero-order chi connectivity index (χ0) is 11.7. The summed E-state index contributed by atoms with van der Waals surface area (Å²) in [5.74, 6) is -0.862. The van der Waals surface area contributed by atoms with Gasteiger partial charge in [0.2, 0.25) is 0 Å². The van der Waals surface area contributed by atoms with Crippen LogP contribution in [-0.4, -0.2) is 31.4 Å². The van der Waals surface area contributed by atoms with E-state index in [0.717, 1.165) is 0 Å². The van der Waals surface area contributed by atoms with Crippen LogP contribution in [0.15, 0.2) is 29.3 Å². The molecule has 0 fully saturated rings. The SMILES string of the molecule is O=C(O)C1N=C(c2ccccc2O)SC1Br. The number of hydrogen-bond acceptors (Lipinski definition) is 4. The molecule has 0 saturated heterocycles. The fraction of sp³-hybridized carbons (Fsp3) is 0.200. The largest absolute Gasteiger partial charge is 0.507 e. The second-order valence-corrected chi connectivity index (χ2v) is 5.93. The van der Waals surface area contributed by atoms with Gasteiger partial charge in [-0.05, 0) is 12.1 Å². The molecule has 0 bridgehead atoms. The van der Waals surface area contributed by atoms with E-state index in [0.29, 0.717) is 10.6 Å². The second kappa shape index (κ2) is 4.47. The summed E-state index contributed by atoms with van der Waals surface area (Å²) in [5.41, 5.74) is 0.570. The van der Waals surface area contributed by atoms with Gasteiger partial charge >= 0.3 is 5.97 Å². The van der Waals surface area contributed by atoms with Crippen molar-refractivity contribution in [2.24, 2.45) is 4.99 Å². The number of benzene rings is 1. The van der Waals surface area contributed by atoms with E-state index in [1.807, 2.05) is 0 Å². The highest BCUT2D eigenvalue weighted by atomic mass is 79.9. The minimum atomic E-state index is -0.972. The van der Waals surface area contributed by atoms with Gasteiger partial charge in [0.15, 0.2) is 6.04 Å². The number of nitrogens with zero attached hydrogens (tertiary/aromatic N) is 1. The number of alkyl halides is 1. The fourth-order valence-corrected chi connectivity index (χ4v) is 3.21. The maximum atomic E-state index is 10.9. The molecule has 0 spiro atoms. The highest BCUT2D eigenvalue weighted by molar-refractivity contribution is 9.11. The lowest BCUT2D eigenvalue weighted by Gasteiger charge is -2.03. The van der Waals surface area contributed by atoms with Crippen LogP contribution in [0, 0.1) is 0 Å². The van der Waals surface area contributed by atoms with Crippen LogP contribution in [0.5, 0.6) is 5.75 Å². The Balaban J connectivity index is 2.34. The van der Waals surface area contributed by atoms with E-state index >= 15 is 0 Å². The Morgan fingerprint density at radius 2 is 2.12 bits per heavy atom. The number of aliphatic carboxylic acids is 1. The number of carboxylic acid groups (broad SMARTS) is 1. The summed E-state index contributed by atoms with van der Waals surface area (Å²) in [6, 6.07) is 5.94. The van der Waals surface area contributed by atoms with Crippen LogP contribution >= 0.6 is 27.7 Å². The molecule has 1 heterocycles. The number of aromatic hydroxyl groups is 1. The molecule has 2 atom stereocenters. The molecule has 4 nitrogen and oxygen atoms in total. The number of phenols is 1. The van der Waals surface area contributed by atoms with Gasteiger partial charge in [0.1, 0.15) is 10.8 Å². The van der Waals surface area contributed by atoms with Gasteiger partial charge in [-0.2, -0.15) is 0 Å². The third-order valence-corrected chi connectivity index (χ3v) is 4.21. The first kappa shape index (κ1) is 11.5. The van der Waals surface area contributed by atoms with Crippen molar-refractivity contribution >= 4 is 38.7 Å². The van der Waals surface area contributed by atoms with Crippen LogP contribution in [0.3, 0.4) is 0 Å². The zero-order valence-corrected chi connectivity index (χ0v) is 10.4. The van der Waals surface area contributed by atoms with E-state index in [1.54, 1.807) is 24.3 Å². The molecule has 16 heavy (non-hydrogen) atoms. The molecule has 0 aliphatic carbocycles. The predicted octanol–water partition coefficient (Wildman–Crippen LogP) is 2.06. The molecule has 1 aliphatic heterocycles. The van der Waals surface area contributed by atoms with Crippen molar-refractivity contribution in [1.29, 1.82) is 0 Å². The summed E-state index contributed by atoms with van der Waals surface area (Å²) in [7, 11) is 0. The van der Waals surface area contributed by atoms with Crippen LogP contribution in [0.25, 0.3) is 0 Å². The highest BCUT2D eigenvalue weighted by Crippen LogP contribution is 2.36. The number of para-hydroxylation sites is 1. The number of aliphatic imine (C=N–C) groups is 1. The number of halogens is 1. The Bertz CT molecular complexity index is 463. The van der Waals surface area contributed by atoms with Gasteiger partial charge in [-0.3, -0.25) is 4.99 Å². The van der Waals surface area contributed by atoms with Gasteiger partial charge in [0.25, 0.3) is 0 Å². The number of carboxylic acids is 1. The van der Waals surface area contributed by atoms with E-state index in [1.165, 1.54) is 11.8 Å². The van der Waals surface area contributed by atoms with Crippen molar-refractivity contribution in [3.05, 3.63) is 29.8 Å². The summed E-state index contributed by atoms with van der Waals surface area (Å²) < 4.78 is -0.292. The van der Waals surface area contributed by atoms with Crippen LogP contribution in [0.2, 0.25) is 0 Å². The topological polar surface area (TPSA) is 69.9 Å². The molecule has 1 aromatic rings. The standard InChI is InChI=1S/C10H8BrNO3S/c11-8-7(10(14)15)12-9(16-8)5-3-1-2-4-6(5)13/h1-4,7-8,13H,(H,14,15). The molecule has 2 unspecified atom stereocenters. The normalized spacial score (nSPS) is 24.2. The number of rotatable bonds is 2. The maximum Gasteiger partial charge on any atom is 0.330 e. The molecular weight excluding hydrogens is 294 g/mol. The molecule has 0 amide bonds. The van der Waals surface area contributed by atoms with E-state index in [-0.39, 0.29) is 9.91 Å². The molecule has 0 aromatic heterocycles. The van der Waals surface area contributed by atoms with E-state index in [9.17, 15) is 9.90 Å². The van der Waals surface area contributed by atoms with E-state index in [4.69, 9.17) is 5.11 Å². The molecule has 6 heteroatoms. The third kappa shape index (κ3) is 2.08. The van der Waals surface area contributed by atoms with Crippen molar-refractivity contribution in [1.82, 2.24) is 0 Å². The molecule has 0 saturated carbocycles. The molecule has 2 N–H and O–H groups in total. The highest BCUT2D eigenvalue weighted by Gasteiger charge is 2.34. The van der Waals surface area contributed by atoms with Crippen LogP contribution < -0.4 is 0 Å². The van der Waals surface area contributed by atoms with E-state index in [2.05, 4.69) is 20.9 Å². The minimum absolute atomic E-state index is 0.111. The maximum absolute atomic E-state index is 10.9. The first-order valence-electron chi connectivity index (χ1n) is 4.49. The third-order valence-electron chi connectivity index (χ3n) is 2.12. The number of phenolic OH excluding ortho intramolecular Hbond substituents is 1. The Hall–Kier alpha value is -1.01. The molecule has 2 rings (SSSR count). The van der Waals surface area contributed by atoms with Crippen LogP contribution in [0.4, 0.5) is 0 Å². The predicted molar refractivity (Wildman–Crippen MR) is 66.4 cm³/mol. The van der Waals surface area contributed by atoms with E-state index < -0.39 is 12.0 Å². The number of carbonyl (C=O) groups is 1. The Kier molecular flexibility index (Phi) is 3.20. The summed E-state index contributed by atoms with van der Waals surface area (Å²) in [4.78, 5) is 14.9.